The number of hydrogen-bond acceptors (Lipinski definition) is 2. The Balaban J connectivity index is 4.67. The van der Waals surface area contributed by atoms with Gasteiger partial charge in [-0.2, -0.15) is 0 Å². The standard InChI is InChI=1S/C12H28O2Si/c1-11(2,3)9(12(4,5)6)15-10(13-7)14-8/h9-10H,15H2,1-8H3. The van der Waals surface area contributed by atoms with E-state index < -0.39 is 9.52 Å². The predicted octanol–water partition coefficient (Wildman–Crippen LogP) is 2.61. The Kier molecular flexibility index (Phi) is 5.51. The first-order chi connectivity index (χ1) is 6.62. The van der Waals surface area contributed by atoms with Gasteiger partial charge in [0.1, 0.15) is 5.91 Å². The summed E-state index contributed by atoms with van der Waals surface area (Å²) in [6, 6.07) is 0. The molecule has 0 spiro atoms. The van der Waals surface area contributed by atoms with Crippen molar-refractivity contribution in [1.29, 1.82) is 0 Å². The van der Waals surface area contributed by atoms with Crippen molar-refractivity contribution < 1.29 is 9.47 Å². The fourth-order valence-electron chi connectivity index (χ4n) is 2.49. The van der Waals surface area contributed by atoms with Crippen molar-refractivity contribution >= 4 is 9.52 Å². The van der Waals surface area contributed by atoms with Gasteiger partial charge >= 0.3 is 0 Å². The lowest BCUT2D eigenvalue weighted by atomic mass is 9.77. The van der Waals surface area contributed by atoms with Gasteiger partial charge in [-0.1, -0.05) is 41.5 Å². The molecule has 0 unspecified atom stereocenters. The molecule has 0 aromatic carbocycles. The van der Waals surface area contributed by atoms with E-state index in [0.717, 1.165) is 0 Å². The van der Waals surface area contributed by atoms with Crippen molar-refractivity contribution in [3.05, 3.63) is 0 Å². The van der Waals surface area contributed by atoms with Crippen molar-refractivity contribution in [1.82, 2.24) is 0 Å². The summed E-state index contributed by atoms with van der Waals surface area (Å²) in [5.41, 5.74) is 1.37. The molecule has 0 aromatic heterocycles. The van der Waals surface area contributed by atoms with Crippen LogP contribution in [0.15, 0.2) is 0 Å². The van der Waals surface area contributed by atoms with Crippen molar-refractivity contribution in [2.45, 2.75) is 53.0 Å². The first-order valence-electron chi connectivity index (χ1n) is 5.68. The molecule has 15 heavy (non-hydrogen) atoms. The van der Waals surface area contributed by atoms with Crippen LogP contribution in [0.5, 0.6) is 0 Å². The molecule has 0 aliphatic heterocycles. The number of methoxy groups -OCH3 is 2. The highest BCUT2D eigenvalue weighted by molar-refractivity contribution is 6.39. The summed E-state index contributed by atoms with van der Waals surface area (Å²) < 4.78 is 10.7. The van der Waals surface area contributed by atoms with E-state index in [0.29, 0.717) is 16.4 Å². The zero-order chi connectivity index (χ0) is 12.3. The predicted molar refractivity (Wildman–Crippen MR) is 69.0 cm³/mol. The van der Waals surface area contributed by atoms with Gasteiger partial charge in [0.25, 0.3) is 0 Å². The highest BCUT2D eigenvalue weighted by Gasteiger charge is 2.36. The summed E-state index contributed by atoms with van der Waals surface area (Å²) in [5.74, 6) is 0.0495. The van der Waals surface area contributed by atoms with Gasteiger partial charge in [0.15, 0.2) is 0 Å². The molecule has 0 amide bonds. The highest BCUT2D eigenvalue weighted by Crippen LogP contribution is 2.44. The first-order valence-corrected chi connectivity index (χ1v) is 7.31. The second kappa shape index (κ2) is 5.46. The van der Waals surface area contributed by atoms with Crippen LogP contribution < -0.4 is 0 Å². The van der Waals surface area contributed by atoms with Gasteiger partial charge < -0.3 is 9.47 Å². The van der Waals surface area contributed by atoms with Gasteiger partial charge in [-0.15, -0.1) is 0 Å². The summed E-state index contributed by atoms with van der Waals surface area (Å²) in [6.07, 6.45) is 0. The van der Waals surface area contributed by atoms with Gasteiger partial charge in [0, 0.05) is 14.2 Å². The first kappa shape index (κ1) is 15.1. The summed E-state index contributed by atoms with van der Waals surface area (Å²) >= 11 is 0. The average Bonchev–Trinajstić information content (AvgIpc) is 2.01. The molecule has 0 aliphatic rings. The molecule has 0 N–H and O–H groups in total. The molecule has 2 nitrogen and oxygen atoms in total. The lowest BCUT2D eigenvalue weighted by Crippen LogP contribution is -2.38. The van der Waals surface area contributed by atoms with Crippen molar-refractivity contribution in [3.63, 3.8) is 0 Å². The lowest BCUT2D eigenvalue weighted by molar-refractivity contribution is -0.0471. The zero-order valence-electron chi connectivity index (χ0n) is 11.7. The molecule has 0 saturated heterocycles. The molecule has 0 heterocycles. The van der Waals surface area contributed by atoms with E-state index in [1.165, 1.54) is 0 Å². The molecule has 0 saturated carbocycles. The van der Waals surface area contributed by atoms with Crippen molar-refractivity contribution in [2.75, 3.05) is 14.2 Å². The van der Waals surface area contributed by atoms with Crippen LogP contribution in [0.4, 0.5) is 0 Å². The zero-order valence-corrected chi connectivity index (χ0v) is 13.1. The maximum atomic E-state index is 5.36. The van der Waals surface area contributed by atoms with Gasteiger partial charge in [0.05, 0.1) is 9.52 Å². The molecule has 0 radical (unpaired) electrons. The van der Waals surface area contributed by atoms with Crippen LogP contribution >= 0.6 is 0 Å². The second-order valence-electron chi connectivity index (χ2n) is 6.42. The molecule has 0 rings (SSSR count). The largest absolute Gasteiger partial charge is 0.360 e. The molecule has 0 aromatic rings. The fourth-order valence-corrected chi connectivity index (χ4v) is 4.67. The number of hydrogen-bond donors (Lipinski definition) is 0. The minimum Gasteiger partial charge on any atom is -0.360 e. The molecular weight excluding hydrogens is 204 g/mol. The Bertz CT molecular complexity index is 161. The van der Waals surface area contributed by atoms with Gasteiger partial charge in [-0.25, -0.2) is 0 Å². The number of rotatable bonds is 4. The summed E-state index contributed by atoms with van der Waals surface area (Å²) in [7, 11) is 3.07. The van der Waals surface area contributed by atoms with E-state index in [-0.39, 0.29) is 5.91 Å². The van der Waals surface area contributed by atoms with E-state index in [9.17, 15) is 0 Å². The SMILES string of the molecule is COC(OC)[SiH2]C(C(C)(C)C)C(C)(C)C. The molecule has 3 heteroatoms. The molecule has 92 valence electrons. The van der Waals surface area contributed by atoms with Crippen LogP contribution in [0, 0.1) is 10.8 Å². The van der Waals surface area contributed by atoms with E-state index in [1.807, 2.05) is 0 Å². The lowest BCUT2D eigenvalue weighted by Gasteiger charge is -2.41. The van der Waals surface area contributed by atoms with Crippen LogP contribution in [-0.4, -0.2) is 29.7 Å². The van der Waals surface area contributed by atoms with Crippen molar-refractivity contribution in [3.8, 4) is 0 Å². The molecule has 0 aliphatic carbocycles. The highest BCUT2D eigenvalue weighted by atomic mass is 28.2. The van der Waals surface area contributed by atoms with Crippen LogP contribution in [0.1, 0.15) is 41.5 Å². The molecule has 0 atom stereocenters. The van der Waals surface area contributed by atoms with Crippen LogP contribution in [-0.2, 0) is 9.47 Å². The number of ether oxygens (including phenoxy) is 2. The summed E-state index contributed by atoms with van der Waals surface area (Å²) in [6.45, 7) is 13.9. The smallest absolute Gasteiger partial charge is 0.134 e. The summed E-state index contributed by atoms with van der Waals surface area (Å²) in [5, 5.41) is 0. The topological polar surface area (TPSA) is 18.5 Å². The quantitative estimate of drug-likeness (QED) is 0.548. The maximum absolute atomic E-state index is 5.36. The van der Waals surface area contributed by atoms with E-state index >= 15 is 0 Å². The van der Waals surface area contributed by atoms with Gasteiger partial charge in [-0.3, -0.25) is 0 Å². The monoisotopic (exact) mass is 232 g/mol. The third-order valence-electron chi connectivity index (χ3n) is 3.04. The average molecular weight is 232 g/mol. The van der Waals surface area contributed by atoms with Gasteiger partial charge in [0.2, 0.25) is 0 Å². The van der Waals surface area contributed by atoms with E-state index in [4.69, 9.17) is 9.47 Å². The van der Waals surface area contributed by atoms with Crippen molar-refractivity contribution in [2.24, 2.45) is 10.8 Å². The third kappa shape index (κ3) is 5.14. The van der Waals surface area contributed by atoms with E-state index in [2.05, 4.69) is 41.5 Å². The Morgan fingerprint density at radius 1 is 0.800 bits per heavy atom. The Labute approximate surface area is 97.6 Å². The minimum absolute atomic E-state index is 0.0495. The second-order valence-corrected chi connectivity index (χ2v) is 8.38. The Hall–Kier alpha value is 0.137. The minimum atomic E-state index is -0.414. The Morgan fingerprint density at radius 3 is 1.33 bits per heavy atom. The fraction of sp³-hybridized carbons (Fsp3) is 1.00. The Morgan fingerprint density at radius 2 is 1.13 bits per heavy atom. The third-order valence-corrected chi connectivity index (χ3v) is 7.02. The normalized spacial score (nSPS) is 14.8. The van der Waals surface area contributed by atoms with Crippen LogP contribution in [0.25, 0.3) is 0 Å². The molecule has 0 bridgehead atoms. The summed E-state index contributed by atoms with van der Waals surface area (Å²) in [4.78, 5) is 0. The molecular formula is C12H28O2Si. The van der Waals surface area contributed by atoms with Gasteiger partial charge in [-0.05, 0) is 16.4 Å². The van der Waals surface area contributed by atoms with Crippen LogP contribution in [0.3, 0.4) is 0 Å². The molecule has 0 fully saturated rings. The maximum Gasteiger partial charge on any atom is 0.134 e. The van der Waals surface area contributed by atoms with Crippen LogP contribution in [0.2, 0.25) is 5.54 Å². The van der Waals surface area contributed by atoms with E-state index in [1.54, 1.807) is 14.2 Å².